The molecule has 0 aliphatic rings. The normalized spacial score (nSPS) is 10.0. The second kappa shape index (κ2) is 6.81. The van der Waals surface area contributed by atoms with Gasteiger partial charge in [-0.1, -0.05) is 31.2 Å². The van der Waals surface area contributed by atoms with Gasteiger partial charge in [0.2, 0.25) is 0 Å². The van der Waals surface area contributed by atoms with Gasteiger partial charge in [-0.3, -0.25) is 9.59 Å². The Balaban J connectivity index is 2.56. The summed E-state index contributed by atoms with van der Waals surface area (Å²) >= 11 is 0. The van der Waals surface area contributed by atoms with E-state index in [0.717, 1.165) is 12.0 Å². The molecule has 0 aliphatic heterocycles. The number of ether oxygens (including phenoxy) is 1. The van der Waals surface area contributed by atoms with Crippen LogP contribution in [0.15, 0.2) is 24.3 Å². The molecule has 2 N–H and O–H groups in total. The highest BCUT2D eigenvalue weighted by molar-refractivity contribution is 5.97. The third-order valence-corrected chi connectivity index (χ3v) is 2.28. The molecule has 0 bridgehead atoms. The summed E-state index contributed by atoms with van der Waals surface area (Å²) in [6.45, 7) is 2.39. The summed E-state index contributed by atoms with van der Waals surface area (Å²) in [7, 11) is 0. The predicted molar refractivity (Wildman–Crippen MR) is 64.8 cm³/mol. The average molecular weight is 235 g/mol. The quantitative estimate of drug-likeness (QED) is 0.596. The maximum absolute atomic E-state index is 11.3. The van der Waals surface area contributed by atoms with Gasteiger partial charge in [-0.05, 0) is 12.0 Å². The van der Waals surface area contributed by atoms with E-state index in [4.69, 9.17) is 10.5 Å². The summed E-state index contributed by atoms with van der Waals surface area (Å²) in [4.78, 5) is 22.6. The molecule has 4 nitrogen and oxygen atoms in total. The van der Waals surface area contributed by atoms with Crippen molar-refractivity contribution in [1.29, 1.82) is 0 Å². The van der Waals surface area contributed by atoms with Crippen LogP contribution in [-0.4, -0.2) is 24.9 Å². The molecule has 0 spiro atoms. The number of nitrogens with two attached hydrogens (primary N) is 1. The number of hydrogen-bond donors (Lipinski definition) is 1. The Morgan fingerprint density at radius 3 is 2.41 bits per heavy atom. The molecule has 0 amide bonds. The Morgan fingerprint density at radius 1 is 1.24 bits per heavy atom. The van der Waals surface area contributed by atoms with E-state index in [0.29, 0.717) is 12.2 Å². The van der Waals surface area contributed by atoms with Crippen molar-refractivity contribution in [2.75, 3.05) is 13.2 Å². The zero-order chi connectivity index (χ0) is 12.7. The predicted octanol–water partition coefficient (Wildman–Crippen LogP) is 1.32. The van der Waals surface area contributed by atoms with Gasteiger partial charge in [-0.2, -0.15) is 0 Å². The molecule has 0 fully saturated rings. The Bertz CT molecular complexity index is 384. The van der Waals surface area contributed by atoms with Crippen LogP contribution in [-0.2, 0) is 16.0 Å². The molecule has 0 aliphatic carbocycles. The molecule has 0 unspecified atom stereocenters. The topological polar surface area (TPSA) is 69.4 Å². The van der Waals surface area contributed by atoms with E-state index in [1.807, 2.05) is 6.92 Å². The van der Waals surface area contributed by atoms with Gasteiger partial charge >= 0.3 is 5.97 Å². The van der Waals surface area contributed by atoms with Crippen molar-refractivity contribution in [2.45, 2.75) is 19.8 Å². The highest BCUT2D eigenvalue weighted by atomic mass is 16.5. The number of ketones is 1. The zero-order valence-corrected chi connectivity index (χ0v) is 9.94. The Hall–Kier alpha value is -1.68. The van der Waals surface area contributed by atoms with Crippen molar-refractivity contribution >= 4 is 11.8 Å². The minimum atomic E-state index is -0.246. The number of hydrogen-bond acceptors (Lipinski definition) is 4. The zero-order valence-electron chi connectivity index (χ0n) is 9.94. The van der Waals surface area contributed by atoms with Gasteiger partial charge in [-0.25, -0.2) is 0 Å². The molecule has 4 heteroatoms. The average Bonchev–Trinajstić information content (AvgIpc) is 2.36. The molecule has 0 heterocycles. The number of Topliss-reactive ketones (excluding diaryl/α,β-unsaturated/α-hetero) is 1. The molecule has 0 aromatic heterocycles. The van der Waals surface area contributed by atoms with Gasteiger partial charge in [0.15, 0.2) is 5.78 Å². The van der Waals surface area contributed by atoms with Crippen molar-refractivity contribution in [3.63, 3.8) is 0 Å². The van der Waals surface area contributed by atoms with Crippen molar-refractivity contribution in [1.82, 2.24) is 0 Å². The van der Waals surface area contributed by atoms with E-state index in [1.54, 1.807) is 24.3 Å². The fourth-order valence-electron chi connectivity index (χ4n) is 1.36. The van der Waals surface area contributed by atoms with Crippen LogP contribution in [0.3, 0.4) is 0 Å². The lowest BCUT2D eigenvalue weighted by atomic mass is 10.1. The lowest BCUT2D eigenvalue weighted by Crippen LogP contribution is -2.13. The van der Waals surface area contributed by atoms with Crippen LogP contribution >= 0.6 is 0 Å². The van der Waals surface area contributed by atoms with Gasteiger partial charge in [-0.15, -0.1) is 0 Å². The maximum Gasteiger partial charge on any atom is 0.310 e. The molecule has 0 saturated carbocycles. The molecule has 1 aromatic carbocycles. The van der Waals surface area contributed by atoms with Crippen LogP contribution in [0.1, 0.15) is 29.3 Å². The first-order valence-corrected chi connectivity index (χ1v) is 5.65. The Kier molecular flexibility index (Phi) is 5.36. The molecule has 1 aromatic rings. The molecule has 0 radical (unpaired) electrons. The molecule has 1 rings (SSSR count). The van der Waals surface area contributed by atoms with Crippen LogP contribution < -0.4 is 5.73 Å². The third-order valence-electron chi connectivity index (χ3n) is 2.28. The van der Waals surface area contributed by atoms with Gasteiger partial charge in [0.1, 0.15) is 0 Å². The monoisotopic (exact) mass is 235 g/mol. The molecule has 92 valence electrons. The van der Waals surface area contributed by atoms with Crippen LogP contribution in [0.4, 0.5) is 0 Å². The van der Waals surface area contributed by atoms with Gasteiger partial charge in [0.05, 0.1) is 19.6 Å². The van der Waals surface area contributed by atoms with E-state index in [1.165, 1.54) is 0 Å². The fraction of sp³-hybridized carbons (Fsp3) is 0.385. The van der Waals surface area contributed by atoms with Crippen LogP contribution in [0.25, 0.3) is 0 Å². The SMILES string of the molecule is CCCOC(=O)Cc1ccc(C(=O)CN)cc1. The second-order valence-corrected chi connectivity index (χ2v) is 3.72. The summed E-state index contributed by atoms with van der Waals surface area (Å²) < 4.78 is 4.97. The number of rotatable bonds is 6. The van der Waals surface area contributed by atoms with E-state index in [-0.39, 0.29) is 24.7 Å². The van der Waals surface area contributed by atoms with E-state index in [2.05, 4.69) is 0 Å². The number of benzene rings is 1. The second-order valence-electron chi connectivity index (χ2n) is 3.72. The summed E-state index contributed by atoms with van der Waals surface area (Å²) in [6.07, 6.45) is 1.05. The van der Waals surface area contributed by atoms with E-state index < -0.39 is 0 Å². The Labute approximate surface area is 101 Å². The van der Waals surface area contributed by atoms with Crippen molar-refractivity contribution < 1.29 is 14.3 Å². The highest BCUT2D eigenvalue weighted by Crippen LogP contribution is 2.06. The van der Waals surface area contributed by atoms with Crippen molar-refractivity contribution in [3.05, 3.63) is 35.4 Å². The summed E-state index contributed by atoms with van der Waals surface area (Å²) in [5.74, 6) is -0.352. The lowest BCUT2D eigenvalue weighted by molar-refractivity contribution is -0.142. The van der Waals surface area contributed by atoms with Crippen LogP contribution in [0.5, 0.6) is 0 Å². The maximum atomic E-state index is 11.3. The van der Waals surface area contributed by atoms with Crippen molar-refractivity contribution in [2.24, 2.45) is 5.73 Å². The van der Waals surface area contributed by atoms with E-state index in [9.17, 15) is 9.59 Å². The fourth-order valence-corrected chi connectivity index (χ4v) is 1.36. The molecule has 17 heavy (non-hydrogen) atoms. The van der Waals surface area contributed by atoms with Crippen LogP contribution in [0, 0.1) is 0 Å². The summed E-state index contributed by atoms with van der Waals surface area (Å²) in [6, 6.07) is 6.85. The number of carbonyl (C=O) groups excluding carboxylic acids is 2. The first-order valence-electron chi connectivity index (χ1n) is 5.65. The third kappa shape index (κ3) is 4.36. The largest absolute Gasteiger partial charge is 0.465 e. The number of esters is 1. The van der Waals surface area contributed by atoms with Gasteiger partial charge in [0, 0.05) is 5.56 Å². The molecule has 0 saturated heterocycles. The molecular weight excluding hydrogens is 218 g/mol. The smallest absolute Gasteiger partial charge is 0.310 e. The Morgan fingerprint density at radius 2 is 1.88 bits per heavy atom. The lowest BCUT2D eigenvalue weighted by Gasteiger charge is -2.04. The molecule has 0 atom stereocenters. The van der Waals surface area contributed by atoms with Gasteiger partial charge in [0.25, 0.3) is 0 Å². The minimum Gasteiger partial charge on any atom is -0.465 e. The standard InChI is InChI=1S/C13H17NO3/c1-2-7-17-13(16)8-10-3-5-11(6-4-10)12(15)9-14/h3-6H,2,7-9,14H2,1H3. The summed E-state index contributed by atoms with van der Waals surface area (Å²) in [5, 5.41) is 0. The first-order chi connectivity index (χ1) is 8.17. The van der Waals surface area contributed by atoms with Crippen LogP contribution in [0.2, 0.25) is 0 Å². The van der Waals surface area contributed by atoms with Crippen molar-refractivity contribution in [3.8, 4) is 0 Å². The molecular formula is C13H17NO3. The van der Waals surface area contributed by atoms with Gasteiger partial charge < -0.3 is 10.5 Å². The first kappa shape index (κ1) is 13.4. The highest BCUT2D eigenvalue weighted by Gasteiger charge is 2.06. The minimum absolute atomic E-state index is 0.00209. The number of carbonyl (C=O) groups is 2. The summed E-state index contributed by atoms with van der Waals surface area (Å²) in [5.41, 5.74) is 6.65. The van der Waals surface area contributed by atoms with E-state index >= 15 is 0 Å².